The third kappa shape index (κ3) is 3.90. The Balaban J connectivity index is 2.90. The van der Waals surface area contributed by atoms with Crippen molar-refractivity contribution in [1.29, 1.82) is 0 Å². The quantitative estimate of drug-likeness (QED) is 0.834. The van der Waals surface area contributed by atoms with Crippen LogP contribution in [0.4, 0.5) is 18.9 Å². The molecular formula is C10H11BrF3NS. The van der Waals surface area contributed by atoms with Crippen molar-refractivity contribution >= 4 is 33.4 Å². The number of anilines is 1. The lowest BCUT2D eigenvalue weighted by Crippen LogP contribution is -2.12. The second-order valence-corrected chi connectivity index (χ2v) is 5.01. The average molecular weight is 314 g/mol. The van der Waals surface area contributed by atoms with Crippen LogP contribution in [0.15, 0.2) is 22.7 Å². The van der Waals surface area contributed by atoms with Gasteiger partial charge in [-0.1, -0.05) is 15.9 Å². The summed E-state index contributed by atoms with van der Waals surface area (Å²) in [5, 5.41) is 2.79. The number of hydrogen-bond acceptors (Lipinski definition) is 2. The van der Waals surface area contributed by atoms with Gasteiger partial charge in [0.25, 0.3) is 0 Å². The maximum atomic E-state index is 12.6. The Labute approximate surface area is 105 Å². The van der Waals surface area contributed by atoms with Crippen molar-refractivity contribution in [2.45, 2.75) is 6.18 Å². The van der Waals surface area contributed by atoms with E-state index in [0.717, 1.165) is 11.8 Å². The Bertz CT molecular complexity index is 354. The fraction of sp³-hybridized carbons (Fsp3) is 0.400. The fourth-order valence-corrected chi connectivity index (χ4v) is 1.86. The third-order valence-electron chi connectivity index (χ3n) is 1.91. The highest BCUT2D eigenvalue weighted by atomic mass is 79.9. The zero-order valence-corrected chi connectivity index (χ0v) is 11.0. The molecule has 0 aromatic heterocycles. The third-order valence-corrected chi connectivity index (χ3v) is 3.01. The summed E-state index contributed by atoms with van der Waals surface area (Å²) in [7, 11) is 0. The standard InChI is InChI=1S/C10H11BrF3NS/c1-16-5-4-15-9-6-7(11)2-3-8(9)10(12,13)14/h2-3,6,15H,4-5H2,1H3. The van der Waals surface area contributed by atoms with Crippen LogP contribution >= 0.6 is 27.7 Å². The van der Waals surface area contributed by atoms with Crippen molar-refractivity contribution in [2.24, 2.45) is 0 Å². The van der Waals surface area contributed by atoms with Gasteiger partial charge in [0, 0.05) is 22.5 Å². The van der Waals surface area contributed by atoms with Gasteiger partial charge in [0.05, 0.1) is 5.56 Å². The molecule has 0 unspecified atom stereocenters. The second kappa shape index (κ2) is 5.82. The van der Waals surface area contributed by atoms with Crippen LogP contribution in [0.25, 0.3) is 0 Å². The molecule has 1 aromatic rings. The predicted molar refractivity (Wildman–Crippen MR) is 66.0 cm³/mol. The Morgan fingerprint density at radius 3 is 2.62 bits per heavy atom. The second-order valence-electron chi connectivity index (χ2n) is 3.11. The molecule has 1 rings (SSSR count). The van der Waals surface area contributed by atoms with Crippen LogP contribution in [0.3, 0.4) is 0 Å². The Morgan fingerprint density at radius 2 is 2.06 bits per heavy atom. The molecule has 1 nitrogen and oxygen atoms in total. The van der Waals surface area contributed by atoms with Crippen molar-refractivity contribution in [1.82, 2.24) is 0 Å². The van der Waals surface area contributed by atoms with E-state index in [4.69, 9.17) is 0 Å². The molecule has 6 heteroatoms. The van der Waals surface area contributed by atoms with E-state index in [2.05, 4.69) is 21.2 Å². The highest BCUT2D eigenvalue weighted by molar-refractivity contribution is 9.10. The van der Waals surface area contributed by atoms with E-state index >= 15 is 0 Å². The highest BCUT2D eigenvalue weighted by Crippen LogP contribution is 2.36. The molecule has 0 aliphatic carbocycles. The fourth-order valence-electron chi connectivity index (χ4n) is 1.20. The predicted octanol–water partition coefficient (Wildman–Crippen LogP) is 4.24. The van der Waals surface area contributed by atoms with Gasteiger partial charge in [0.15, 0.2) is 0 Å². The van der Waals surface area contributed by atoms with Crippen LogP contribution in [0.2, 0.25) is 0 Å². The van der Waals surface area contributed by atoms with E-state index in [1.807, 2.05) is 6.26 Å². The van der Waals surface area contributed by atoms with E-state index < -0.39 is 11.7 Å². The minimum absolute atomic E-state index is 0.121. The zero-order valence-electron chi connectivity index (χ0n) is 8.57. The molecule has 90 valence electrons. The molecule has 0 bridgehead atoms. The molecular weight excluding hydrogens is 303 g/mol. The summed E-state index contributed by atoms with van der Waals surface area (Å²) in [5.41, 5.74) is -0.507. The molecule has 16 heavy (non-hydrogen) atoms. The summed E-state index contributed by atoms with van der Waals surface area (Å²) < 4.78 is 38.5. The largest absolute Gasteiger partial charge is 0.418 e. The molecule has 0 amide bonds. The van der Waals surface area contributed by atoms with Gasteiger partial charge in [-0.25, -0.2) is 0 Å². The molecule has 0 fully saturated rings. The Morgan fingerprint density at radius 1 is 1.38 bits per heavy atom. The first-order valence-electron chi connectivity index (χ1n) is 4.54. The first-order chi connectivity index (χ1) is 7.45. The normalized spacial score (nSPS) is 11.6. The smallest absolute Gasteiger partial charge is 0.384 e. The van der Waals surface area contributed by atoms with E-state index in [9.17, 15) is 13.2 Å². The lowest BCUT2D eigenvalue weighted by Gasteiger charge is -2.14. The van der Waals surface area contributed by atoms with Gasteiger partial charge in [0.2, 0.25) is 0 Å². The molecule has 0 heterocycles. The number of thioether (sulfide) groups is 1. The molecule has 0 spiro atoms. The van der Waals surface area contributed by atoms with Gasteiger partial charge in [-0.05, 0) is 24.5 Å². The minimum Gasteiger partial charge on any atom is -0.384 e. The van der Waals surface area contributed by atoms with E-state index in [1.165, 1.54) is 12.1 Å². The van der Waals surface area contributed by atoms with Gasteiger partial charge >= 0.3 is 6.18 Å². The van der Waals surface area contributed by atoms with E-state index in [0.29, 0.717) is 11.0 Å². The first-order valence-corrected chi connectivity index (χ1v) is 6.73. The molecule has 0 aliphatic heterocycles. The summed E-state index contributed by atoms with van der Waals surface area (Å²) >= 11 is 4.74. The summed E-state index contributed by atoms with van der Waals surface area (Å²) in [4.78, 5) is 0. The van der Waals surface area contributed by atoms with Gasteiger partial charge < -0.3 is 5.32 Å². The first kappa shape index (κ1) is 13.7. The monoisotopic (exact) mass is 313 g/mol. The maximum absolute atomic E-state index is 12.6. The molecule has 0 saturated carbocycles. The van der Waals surface area contributed by atoms with Crippen molar-refractivity contribution in [3.05, 3.63) is 28.2 Å². The molecule has 1 aromatic carbocycles. The van der Waals surface area contributed by atoms with E-state index in [1.54, 1.807) is 11.8 Å². The average Bonchev–Trinajstić information content (AvgIpc) is 2.16. The van der Waals surface area contributed by atoms with Crippen molar-refractivity contribution in [3.63, 3.8) is 0 Å². The van der Waals surface area contributed by atoms with Crippen LogP contribution < -0.4 is 5.32 Å². The molecule has 0 atom stereocenters. The van der Waals surface area contributed by atoms with Crippen molar-refractivity contribution in [2.75, 3.05) is 23.9 Å². The van der Waals surface area contributed by atoms with Crippen LogP contribution in [-0.4, -0.2) is 18.6 Å². The van der Waals surface area contributed by atoms with Crippen LogP contribution in [-0.2, 0) is 6.18 Å². The number of alkyl halides is 3. The van der Waals surface area contributed by atoms with Gasteiger partial charge in [-0.15, -0.1) is 0 Å². The van der Waals surface area contributed by atoms with Crippen LogP contribution in [0.5, 0.6) is 0 Å². The van der Waals surface area contributed by atoms with Crippen LogP contribution in [0, 0.1) is 0 Å². The van der Waals surface area contributed by atoms with Gasteiger partial charge in [-0.2, -0.15) is 24.9 Å². The number of benzene rings is 1. The maximum Gasteiger partial charge on any atom is 0.418 e. The topological polar surface area (TPSA) is 12.0 Å². The number of rotatable bonds is 4. The highest BCUT2D eigenvalue weighted by Gasteiger charge is 2.33. The molecule has 0 saturated heterocycles. The Hall–Kier alpha value is -0.360. The number of hydrogen-bond donors (Lipinski definition) is 1. The minimum atomic E-state index is -4.32. The summed E-state index contributed by atoms with van der Waals surface area (Å²) in [6, 6.07) is 3.91. The zero-order chi connectivity index (χ0) is 12.2. The lowest BCUT2D eigenvalue weighted by atomic mass is 10.1. The number of nitrogens with one attached hydrogen (secondary N) is 1. The van der Waals surface area contributed by atoms with Gasteiger partial charge in [0.1, 0.15) is 0 Å². The van der Waals surface area contributed by atoms with Crippen LogP contribution in [0.1, 0.15) is 5.56 Å². The summed E-state index contributed by atoms with van der Waals surface area (Å²) in [5.74, 6) is 0.768. The SMILES string of the molecule is CSCCNc1cc(Br)ccc1C(F)(F)F. The summed E-state index contributed by atoms with van der Waals surface area (Å²) in [6.07, 6.45) is -2.41. The molecule has 1 N–H and O–H groups in total. The van der Waals surface area contributed by atoms with E-state index in [-0.39, 0.29) is 5.69 Å². The molecule has 0 radical (unpaired) electrons. The lowest BCUT2D eigenvalue weighted by molar-refractivity contribution is -0.136. The number of halogens is 4. The van der Waals surface area contributed by atoms with Gasteiger partial charge in [-0.3, -0.25) is 0 Å². The van der Waals surface area contributed by atoms with Crippen molar-refractivity contribution < 1.29 is 13.2 Å². The Kier molecular flexibility index (Phi) is 4.98. The molecule has 0 aliphatic rings. The summed E-state index contributed by atoms with van der Waals surface area (Å²) in [6.45, 7) is 0.515. The van der Waals surface area contributed by atoms with Crippen molar-refractivity contribution in [3.8, 4) is 0 Å².